The van der Waals surface area contributed by atoms with E-state index < -0.39 is 40.2 Å². The first-order valence-electron chi connectivity index (χ1n) is 16.6. The molecule has 1 aliphatic rings. The molecule has 0 saturated carbocycles. The summed E-state index contributed by atoms with van der Waals surface area (Å²) in [4.78, 5) is 74.6. The second-order valence-corrected chi connectivity index (χ2v) is 17.3. The number of imide groups is 1. The van der Waals surface area contributed by atoms with Crippen molar-refractivity contribution in [2.45, 2.75) is 110 Å². The van der Waals surface area contributed by atoms with Crippen LogP contribution in [0.2, 0.25) is 0 Å². The number of ether oxygens (including phenoxy) is 6. The fourth-order valence-electron chi connectivity index (χ4n) is 4.07. The number of nitrogens with one attached hydrogen (secondary N) is 1. The maximum absolute atomic E-state index is 13.3. The van der Waals surface area contributed by atoms with Crippen molar-refractivity contribution in [3.63, 3.8) is 0 Å². The van der Waals surface area contributed by atoms with Gasteiger partial charge < -0.3 is 33.7 Å². The molecule has 0 aromatic heterocycles. The SMILES string of the molecule is CC(C)(C)OC(=O)CCOCC(COCCC(=O)OC(C)(C)C)(COCCC(=O)OC(C)(C)C)NC(=O)CCSSCCN1C(=O)C=CC1=O. The molecule has 50 heavy (non-hydrogen) atoms. The smallest absolute Gasteiger partial charge is 0.308 e. The van der Waals surface area contributed by atoms with E-state index in [0.29, 0.717) is 11.5 Å². The molecule has 0 radical (unpaired) electrons. The highest BCUT2D eigenvalue weighted by molar-refractivity contribution is 8.76. The molecule has 1 N–H and O–H groups in total. The summed E-state index contributed by atoms with van der Waals surface area (Å²) >= 11 is 0. The molecule has 1 rings (SSSR count). The van der Waals surface area contributed by atoms with Gasteiger partial charge in [0.05, 0.1) is 58.9 Å². The molecule has 1 heterocycles. The lowest BCUT2D eigenvalue weighted by Crippen LogP contribution is -2.58. The molecule has 0 aromatic carbocycles. The van der Waals surface area contributed by atoms with Crippen molar-refractivity contribution in [3.8, 4) is 0 Å². The van der Waals surface area contributed by atoms with E-state index in [1.807, 2.05) is 0 Å². The van der Waals surface area contributed by atoms with Gasteiger partial charge in [-0.05, 0) is 62.3 Å². The van der Waals surface area contributed by atoms with Crippen LogP contribution in [0.25, 0.3) is 0 Å². The van der Waals surface area contributed by atoms with E-state index in [0.717, 1.165) is 4.90 Å². The number of nitrogens with zero attached hydrogens (tertiary/aromatic N) is 1. The van der Waals surface area contributed by atoms with Crippen molar-refractivity contribution in [1.29, 1.82) is 0 Å². The van der Waals surface area contributed by atoms with Crippen LogP contribution in [0.3, 0.4) is 0 Å². The summed E-state index contributed by atoms with van der Waals surface area (Å²) in [5.41, 5.74) is -3.23. The quantitative estimate of drug-likeness (QED) is 0.0526. The van der Waals surface area contributed by atoms with Crippen molar-refractivity contribution in [3.05, 3.63) is 12.2 Å². The van der Waals surface area contributed by atoms with E-state index in [1.54, 1.807) is 62.3 Å². The Balaban J connectivity index is 2.92. The Morgan fingerprint density at radius 3 is 1.32 bits per heavy atom. The fourth-order valence-corrected chi connectivity index (χ4v) is 6.01. The summed E-state index contributed by atoms with van der Waals surface area (Å²) in [5, 5.41) is 2.97. The molecular formula is C34H56N2O12S2. The van der Waals surface area contributed by atoms with Crippen molar-refractivity contribution in [2.75, 3.05) is 57.7 Å². The van der Waals surface area contributed by atoms with Gasteiger partial charge in [-0.3, -0.25) is 33.7 Å². The average molecular weight is 749 g/mol. The Labute approximate surface area is 304 Å². The van der Waals surface area contributed by atoms with Crippen LogP contribution in [0.5, 0.6) is 0 Å². The summed E-state index contributed by atoms with van der Waals surface area (Å²) < 4.78 is 33.6. The van der Waals surface area contributed by atoms with E-state index in [4.69, 9.17) is 28.4 Å². The number of esters is 3. The minimum absolute atomic E-state index is 0.00755. The predicted molar refractivity (Wildman–Crippen MR) is 190 cm³/mol. The zero-order valence-electron chi connectivity index (χ0n) is 31.0. The van der Waals surface area contributed by atoms with E-state index in [9.17, 15) is 28.8 Å². The molecule has 1 aliphatic heterocycles. The lowest BCUT2D eigenvalue weighted by molar-refractivity contribution is -0.157. The molecule has 16 heteroatoms. The van der Waals surface area contributed by atoms with Gasteiger partial charge in [0, 0.05) is 36.6 Å². The first kappa shape index (κ1) is 45.4. The Morgan fingerprint density at radius 2 is 0.960 bits per heavy atom. The zero-order valence-corrected chi connectivity index (χ0v) is 32.6. The first-order valence-corrected chi connectivity index (χ1v) is 19.1. The number of carbonyl (C=O) groups is 6. The number of hydrogen-bond donors (Lipinski definition) is 1. The van der Waals surface area contributed by atoms with Crippen LogP contribution in [0.4, 0.5) is 0 Å². The third-order valence-electron chi connectivity index (χ3n) is 5.95. The zero-order chi connectivity index (χ0) is 38.0. The van der Waals surface area contributed by atoms with Gasteiger partial charge >= 0.3 is 17.9 Å². The highest BCUT2D eigenvalue weighted by Crippen LogP contribution is 2.23. The molecule has 14 nitrogen and oxygen atoms in total. The third kappa shape index (κ3) is 22.2. The van der Waals surface area contributed by atoms with Gasteiger partial charge in [-0.2, -0.15) is 0 Å². The van der Waals surface area contributed by atoms with Gasteiger partial charge in [0.2, 0.25) is 5.91 Å². The van der Waals surface area contributed by atoms with E-state index in [2.05, 4.69) is 5.32 Å². The van der Waals surface area contributed by atoms with Crippen LogP contribution in [-0.2, 0) is 57.2 Å². The molecule has 0 unspecified atom stereocenters. The van der Waals surface area contributed by atoms with Crippen molar-refractivity contribution >= 4 is 57.2 Å². The molecular weight excluding hydrogens is 693 g/mol. The van der Waals surface area contributed by atoms with Gasteiger partial charge in [-0.1, -0.05) is 21.6 Å². The Hall–Kier alpha value is -2.66. The highest BCUT2D eigenvalue weighted by atomic mass is 33.1. The third-order valence-corrected chi connectivity index (χ3v) is 8.33. The number of hydrogen-bond acceptors (Lipinski definition) is 14. The van der Waals surface area contributed by atoms with Gasteiger partial charge in [-0.15, -0.1) is 0 Å². The van der Waals surface area contributed by atoms with E-state index in [-0.39, 0.29) is 89.6 Å². The van der Waals surface area contributed by atoms with Gasteiger partial charge in [0.1, 0.15) is 22.3 Å². The van der Waals surface area contributed by atoms with E-state index in [1.165, 1.54) is 33.7 Å². The molecule has 0 aromatic rings. The number of carbonyl (C=O) groups excluding carboxylic acids is 6. The topological polar surface area (TPSA) is 173 Å². The molecule has 0 aliphatic carbocycles. The summed E-state index contributed by atoms with van der Waals surface area (Å²) in [6.07, 6.45) is 2.49. The molecule has 0 spiro atoms. The van der Waals surface area contributed by atoms with Crippen LogP contribution in [-0.4, -0.2) is 121 Å². The second-order valence-electron chi connectivity index (χ2n) is 14.6. The number of amides is 3. The second kappa shape index (κ2) is 21.6. The molecule has 286 valence electrons. The molecule has 0 bridgehead atoms. The number of rotatable bonds is 23. The maximum Gasteiger partial charge on any atom is 0.308 e. The van der Waals surface area contributed by atoms with Crippen LogP contribution in [0.1, 0.15) is 88.0 Å². The fraction of sp³-hybridized carbons (Fsp3) is 0.765. The summed E-state index contributed by atoms with van der Waals surface area (Å²) in [6, 6.07) is 0. The van der Waals surface area contributed by atoms with Crippen molar-refractivity contribution in [2.24, 2.45) is 0 Å². The van der Waals surface area contributed by atoms with Gasteiger partial charge in [0.25, 0.3) is 11.8 Å². The van der Waals surface area contributed by atoms with Crippen LogP contribution < -0.4 is 5.32 Å². The maximum atomic E-state index is 13.3. The Kier molecular flexibility index (Phi) is 19.6. The van der Waals surface area contributed by atoms with Crippen LogP contribution in [0, 0.1) is 0 Å². The largest absolute Gasteiger partial charge is 0.460 e. The molecule has 0 atom stereocenters. The molecule has 3 amide bonds. The highest BCUT2D eigenvalue weighted by Gasteiger charge is 2.34. The van der Waals surface area contributed by atoms with E-state index >= 15 is 0 Å². The Bertz CT molecular complexity index is 1070. The molecule has 0 fully saturated rings. The summed E-state index contributed by atoms with van der Waals surface area (Å²) in [7, 11) is 2.85. The lowest BCUT2D eigenvalue weighted by atomic mass is 10.0. The van der Waals surface area contributed by atoms with Crippen molar-refractivity contribution in [1.82, 2.24) is 10.2 Å². The monoisotopic (exact) mass is 748 g/mol. The molecule has 0 saturated heterocycles. The minimum Gasteiger partial charge on any atom is -0.460 e. The predicted octanol–water partition coefficient (Wildman–Crippen LogP) is 3.78. The minimum atomic E-state index is -1.26. The first-order chi connectivity index (χ1) is 23.1. The Morgan fingerprint density at radius 1 is 0.600 bits per heavy atom. The van der Waals surface area contributed by atoms with Crippen LogP contribution >= 0.6 is 21.6 Å². The van der Waals surface area contributed by atoms with Crippen LogP contribution in [0.15, 0.2) is 12.2 Å². The standard InChI is InChI=1S/C34H56N2O12S2/c1-31(2,3)46-28(40)12-17-43-22-34(23-44-18-13-29(41)47-32(4,5)6,24-45-19-14-30(42)48-33(7,8)9)35-25(37)15-20-49-50-21-16-36-26(38)10-11-27(36)39/h10-11H,12-24H2,1-9H3,(H,35,37). The van der Waals surface area contributed by atoms with Gasteiger partial charge in [-0.25, -0.2) is 0 Å². The normalized spacial score (nSPS) is 13.8. The van der Waals surface area contributed by atoms with Crippen molar-refractivity contribution < 1.29 is 57.2 Å². The van der Waals surface area contributed by atoms with Gasteiger partial charge in [0.15, 0.2) is 0 Å². The average Bonchev–Trinajstić information content (AvgIpc) is 3.27. The summed E-state index contributed by atoms with van der Waals surface area (Å²) in [6.45, 7) is 15.8. The summed E-state index contributed by atoms with van der Waals surface area (Å²) in [5.74, 6) is -1.44. The lowest BCUT2D eigenvalue weighted by Gasteiger charge is -2.34.